The van der Waals surface area contributed by atoms with E-state index in [1.807, 2.05) is 24.3 Å². The van der Waals surface area contributed by atoms with Crippen LogP contribution in [-0.2, 0) is 0 Å². The number of Topliss-reactive ketones (excluding diaryl/α,β-unsaturated/α-hetero) is 1. The van der Waals surface area contributed by atoms with Crippen molar-refractivity contribution in [2.24, 2.45) is 0 Å². The molecule has 0 fully saturated rings. The summed E-state index contributed by atoms with van der Waals surface area (Å²) < 4.78 is 0. The third-order valence-corrected chi connectivity index (χ3v) is 1.65. The van der Waals surface area contributed by atoms with Gasteiger partial charge < -0.3 is 4.98 Å². The van der Waals surface area contributed by atoms with E-state index in [9.17, 15) is 4.79 Å². The number of H-pyrrole nitrogens is 1. The molecule has 0 aliphatic carbocycles. The van der Waals surface area contributed by atoms with Gasteiger partial charge in [0.05, 0.1) is 11.0 Å². The van der Waals surface area contributed by atoms with Gasteiger partial charge in [0, 0.05) is 6.92 Å². The maximum absolute atomic E-state index is 10.8. The van der Waals surface area contributed by atoms with Gasteiger partial charge in [-0.3, -0.25) is 4.79 Å². The number of carbonyl (C=O) groups is 1. The van der Waals surface area contributed by atoms with Gasteiger partial charge in [0.15, 0.2) is 11.6 Å². The second-order valence-corrected chi connectivity index (χ2v) is 2.53. The Bertz CT molecular complexity index is 398. The van der Waals surface area contributed by atoms with Crippen molar-refractivity contribution in [3.05, 3.63) is 37.0 Å². The topological polar surface area (TPSA) is 45.8 Å². The van der Waals surface area contributed by atoms with Crippen LogP contribution in [0.4, 0.5) is 0 Å². The Balaban J connectivity index is 2.70. The van der Waals surface area contributed by atoms with Crippen LogP contribution in [0.3, 0.4) is 0 Å². The number of fused-ring (bicyclic) bond motifs is 1. The van der Waals surface area contributed by atoms with E-state index in [0.29, 0.717) is 5.82 Å². The summed E-state index contributed by atoms with van der Waals surface area (Å²) in [7, 11) is 0. The molecule has 0 saturated carbocycles. The molecule has 0 bridgehead atoms. The lowest BCUT2D eigenvalue weighted by Gasteiger charge is -1.82. The molecular weight excluding hydrogens is 152 g/mol. The minimum Gasteiger partial charge on any atom is -0.335 e. The van der Waals surface area contributed by atoms with E-state index in [2.05, 4.69) is 16.9 Å². The second kappa shape index (κ2) is 2.44. The van der Waals surface area contributed by atoms with E-state index in [-0.39, 0.29) is 5.78 Å². The van der Waals surface area contributed by atoms with Crippen LogP contribution in [0.2, 0.25) is 0 Å². The van der Waals surface area contributed by atoms with Crippen LogP contribution in [0.1, 0.15) is 10.6 Å². The van der Waals surface area contributed by atoms with Crippen LogP contribution in [0, 0.1) is 6.92 Å². The first-order valence-corrected chi connectivity index (χ1v) is 3.58. The number of hydrogen-bond acceptors (Lipinski definition) is 2. The number of para-hydroxylation sites is 2. The van der Waals surface area contributed by atoms with Gasteiger partial charge >= 0.3 is 0 Å². The molecule has 0 spiro atoms. The summed E-state index contributed by atoms with van der Waals surface area (Å²) in [6.07, 6.45) is 0. The first kappa shape index (κ1) is 7.03. The predicted octanol–water partition coefficient (Wildman–Crippen LogP) is 1.58. The zero-order valence-electron chi connectivity index (χ0n) is 6.37. The van der Waals surface area contributed by atoms with Gasteiger partial charge in [-0.05, 0) is 12.1 Å². The molecule has 2 aromatic rings. The van der Waals surface area contributed by atoms with Gasteiger partial charge in [0.25, 0.3) is 0 Å². The average molecular weight is 159 g/mol. The molecule has 1 aromatic carbocycles. The molecule has 1 radical (unpaired) electrons. The smallest absolute Gasteiger partial charge is 0.198 e. The summed E-state index contributed by atoms with van der Waals surface area (Å²) in [5.74, 6) is 0.0300. The van der Waals surface area contributed by atoms with Gasteiger partial charge in [-0.2, -0.15) is 0 Å². The molecule has 0 aliphatic rings. The van der Waals surface area contributed by atoms with Crippen molar-refractivity contribution in [3.63, 3.8) is 0 Å². The fraction of sp³-hybridized carbons (Fsp3) is 0. The Morgan fingerprint density at radius 2 is 2.17 bits per heavy atom. The minimum atomic E-state index is -0.286. The van der Waals surface area contributed by atoms with E-state index in [0.717, 1.165) is 11.0 Å². The molecule has 1 N–H and O–H groups in total. The molecule has 0 atom stereocenters. The van der Waals surface area contributed by atoms with Gasteiger partial charge in [-0.25, -0.2) is 4.98 Å². The maximum Gasteiger partial charge on any atom is 0.198 e. The minimum absolute atomic E-state index is 0.286. The summed E-state index contributed by atoms with van der Waals surface area (Å²) in [4.78, 5) is 17.7. The summed E-state index contributed by atoms with van der Waals surface area (Å²) in [5, 5.41) is 0. The normalized spacial score (nSPS) is 10.4. The number of nitrogens with zero attached hydrogens (tertiary/aromatic N) is 1. The SMILES string of the molecule is [CH2]C(=O)c1nc2ccccc2[nH]1. The third-order valence-electron chi connectivity index (χ3n) is 1.65. The lowest BCUT2D eigenvalue weighted by Crippen LogP contribution is -1.93. The Morgan fingerprint density at radius 1 is 1.42 bits per heavy atom. The second-order valence-electron chi connectivity index (χ2n) is 2.53. The fourth-order valence-corrected chi connectivity index (χ4v) is 1.08. The fourth-order valence-electron chi connectivity index (χ4n) is 1.08. The number of nitrogens with one attached hydrogen (secondary N) is 1. The summed E-state index contributed by atoms with van der Waals surface area (Å²) in [5.41, 5.74) is 1.66. The van der Waals surface area contributed by atoms with Crippen LogP contribution in [0.25, 0.3) is 11.0 Å². The standard InChI is InChI=1S/C9H7N2O/c1-6(12)9-10-7-4-2-3-5-8(7)11-9/h2-5H,1H2,(H,10,11). The largest absolute Gasteiger partial charge is 0.335 e. The van der Waals surface area contributed by atoms with E-state index in [1.54, 1.807) is 0 Å². The van der Waals surface area contributed by atoms with E-state index < -0.39 is 0 Å². The molecule has 59 valence electrons. The molecule has 3 heteroatoms. The van der Waals surface area contributed by atoms with Crippen molar-refractivity contribution in [1.82, 2.24) is 9.97 Å². The molecule has 0 aliphatic heterocycles. The van der Waals surface area contributed by atoms with Crippen LogP contribution in [0.5, 0.6) is 0 Å². The summed E-state index contributed by atoms with van der Waals surface area (Å²) in [6.45, 7) is 3.27. The first-order valence-electron chi connectivity index (χ1n) is 3.58. The van der Waals surface area contributed by atoms with Crippen molar-refractivity contribution in [2.75, 3.05) is 0 Å². The summed E-state index contributed by atoms with van der Waals surface area (Å²) >= 11 is 0. The quantitative estimate of drug-likeness (QED) is 0.642. The number of ketones is 1. The third kappa shape index (κ3) is 0.993. The number of imidazole rings is 1. The van der Waals surface area contributed by atoms with E-state index in [1.165, 1.54) is 0 Å². The molecule has 0 amide bonds. The first-order chi connectivity index (χ1) is 5.77. The van der Waals surface area contributed by atoms with Crippen molar-refractivity contribution in [2.45, 2.75) is 0 Å². The monoisotopic (exact) mass is 159 g/mol. The lowest BCUT2D eigenvalue weighted by atomic mass is 10.3. The number of hydrogen-bond donors (Lipinski definition) is 1. The van der Waals surface area contributed by atoms with Gasteiger partial charge in [-0.15, -0.1) is 0 Å². The molecular formula is C9H7N2O. The number of benzene rings is 1. The van der Waals surface area contributed by atoms with Crippen LogP contribution in [0.15, 0.2) is 24.3 Å². The van der Waals surface area contributed by atoms with Gasteiger partial charge in [-0.1, -0.05) is 12.1 Å². The van der Waals surface area contributed by atoms with Crippen molar-refractivity contribution < 1.29 is 4.79 Å². The van der Waals surface area contributed by atoms with Crippen molar-refractivity contribution in [3.8, 4) is 0 Å². The Hall–Kier alpha value is -1.64. The molecule has 12 heavy (non-hydrogen) atoms. The zero-order valence-corrected chi connectivity index (χ0v) is 6.37. The molecule has 1 aromatic heterocycles. The Morgan fingerprint density at radius 3 is 2.83 bits per heavy atom. The number of aromatic amines is 1. The lowest BCUT2D eigenvalue weighted by molar-refractivity contribution is 0.103. The van der Waals surface area contributed by atoms with Crippen LogP contribution >= 0.6 is 0 Å². The molecule has 0 saturated heterocycles. The molecule has 0 unspecified atom stereocenters. The van der Waals surface area contributed by atoms with Gasteiger partial charge in [0.2, 0.25) is 0 Å². The van der Waals surface area contributed by atoms with E-state index >= 15 is 0 Å². The van der Waals surface area contributed by atoms with Crippen LogP contribution < -0.4 is 0 Å². The number of aromatic nitrogens is 2. The van der Waals surface area contributed by atoms with Crippen LogP contribution in [-0.4, -0.2) is 15.8 Å². The van der Waals surface area contributed by atoms with Crippen molar-refractivity contribution in [1.29, 1.82) is 0 Å². The average Bonchev–Trinajstić information content (AvgIpc) is 2.46. The highest BCUT2D eigenvalue weighted by atomic mass is 16.1. The van der Waals surface area contributed by atoms with Gasteiger partial charge in [0.1, 0.15) is 0 Å². The molecule has 1 heterocycles. The highest BCUT2D eigenvalue weighted by molar-refractivity contribution is 5.98. The highest BCUT2D eigenvalue weighted by Gasteiger charge is 2.04. The van der Waals surface area contributed by atoms with E-state index in [4.69, 9.17) is 0 Å². The Labute approximate surface area is 69.4 Å². The molecule has 3 nitrogen and oxygen atoms in total. The number of rotatable bonds is 1. The predicted molar refractivity (Wildman–Crippen MR) is 45.8 cm³/mol. The number of carbonyl (C=O) groups excluding carboxylic acids is 1. The maximum atomic E-state index is 10.8. The highest BCUT2D eigenvalue weighted by Crippen LogP contribution is 2.09. The Kier molecular flexibility index (Phi) is 1.43. The summed E-state index contributed by atoms with van der Waals surface area (Å²) in [6, 6.07) is 7.48. The zero-order chi connectivity index (χ0) is 8.55. The van der Waals surface area contributed by atoms with Crippen molar-refractivity contribution >= 4 is 16.8 Å². The molecule has 2 rings (SSSR count).